The highest BCUT2D eigenvalue weighted by Gasteiger charge is 2.20. The second kappa shape index (κ2) is 10.2. The number of carbonyl (C=O) groups excluding carboxylic acids is 1. The van der Waals surface area contributed by atoms with E-state index in [1.165, 1.54) is 0 Å². The second-order valence-electron chi connectivity index (χ2n) is 8.20. The van der Waals surface area contributed by atoms with Crippen molar-refractivity contribution >= 4 is 21.6 Å². The molecule has 2 heterocycles. The smallest absolute Gasteiger partial charge is 0.262 e. The van der Waals surface area contributed by atoms with Gasteiger partial charge in [0.1, 0.15) is 11.3 Å². The highest BCUT2D eigenvalue weighted by molar-refractivity contribution is 7.92. The van der Waals surface area contributed by atoms with E-state index in [4.69, 9.17) is 9.47 Å². The lowest BCUT2D eigenvalue weighted by Crippen LogP contribution is -2.32. The molecule has 178 valence electrons. The minimum atomic E-state index is -3.73. The normalized spacial score (nSPS) is 15.6. The Hall–Kier alpha value is -3.43. The molecular weight excluding hydrogens is 454 g/mol. The number of carbonyl (C=O) groups is 1. The largest absolute Gasteiger partial charge is 0.438 e. The molecular formula is C25H27N3O5S. The van der Waals surface area contributed by atoms with Crippen molar-refractivity contribution < 1.29 is 22.7 Å². The summed E-state index contributed by atoms with van der Waals surface area (Å²) in [7, 11) is -3.73. The average Bonchev–Trinajstić information content (AvgIpc) is 3.32. The first-order chi connectivity index (χ1) is 16.3. The first-order valence-electron chi connectivity index (χ1n) is 11.0. The van der Waals surface area contributed by atoms with Crippen LogP contribution in [0.5, 0.6) is 11.6 Å². The molecule has 1 aliphatic heterocycles. The van der Waals surface area contributed by atoms with Gasteiger partial charge >= 0.3 is 0 Å². The molecule has 0 aliphatic carbocycles. The molecule has 34 heavy (non-hydrogen) atoms. The Balaban J connectivity index is 1.43. The van der Waals surface area contributed by atoms with Crippen LogP contribution in [0, 0.1) is 13.8 Å². The van der Waals surface area contributed by atoms with Crippen molar-refractivity contribution in [2.24, 2.45) is 0 Å². The molecule has 2 aromatic carbocycles. The van der Waals surface area contributed by atoms with Crippen LogP contribution in [0.1, 0.15) is 34.3 Å². The Bertz CT molecular complexity index is 1270. The van der Waals surface area contributed by atoms with Gasteiger partial charge in [-0.15, -0.1) is 0 Å². The number of nitrogens with one attached hydrogen (secondary N) is 2. The molecule has 1 aliphatic rings. The van der Waals surface area contributed by atoms with Crippen molar-refractivity contribution in [3.05, 3.63) is 77.5 Å². The number of hydrogen-bond acceptors (Lipinski definition) is 6. The molecule has 0 saturated carbocycles. The number of aryl methyl sites for hydroxylation is 2. The number of benzene rings is 2. The van der Waals surface area contributed by atoms with E-state index in [2.05, 4.69) is 15.0 Å². The van der Waals surface area contributed by atoms with Crippen LogP contribution in [-0.2, 0) is 14.8 Å². The number of pyridine rings is 1. The molecule has 1 fully saturated rings. The third kappa shape index (κ3) is 5.73. The van der Waals surface area contributed by atoms with Crippen molar-refractivity contribution in [2.75, 3.05) is 17.9 Å². The van der Waals surface area contributed by atoms with Crippen molar-refractivity contribution in [3.8, 4) is 11.6 Å². The van der Waals surface area contributed by atoms with Gasteiger partial charge in [0.05, 0.1) is 11.0 Å². The molecule has 8 nitrogen and oxygen atoms in total. The number of sulfonamides is 1. The molecule has 1 amide bonds. The zero-order valence-corrected chi connectivity index (χ0v) is 19.9. The lowest BCUT2D eigenvalue weighted by atomic mass is 10.2. The van der Waals surface area contributed by atoms with Crippen molar-refractivity contribution in [1.82, 2.24) is 10.3 Å². The number of amides is 1. The number of nitrogens with zero attached hydrogens (tertiary/aromatic N) is 1. The van der Waals surface area contributed by atoms with Crippen LogP contribution in [0.15, 0.2) is 65.7 Å². The summed E-state index contributed by atoms with van der Waals surface area (Å²) in [4.78, 5) is 17.1. The summed E-state index contributed by atoms with van der Waals surface area (Å²) in [6.07, 6.45) is 3.50. The van der Waals surface area contributed by atoms with Gasteiger partial charge in [-0.25, -0.2) is 13.4 Å². The van der Waals surface area contributed by atoms with Crippen molar-refractivity contribution in [2.45, 2.75) is 37.7 Å². The number of hydrogen-bond donors (Lipinski definition) is 2. The third-order valence-electron chi connectivity index (χ3n) is 5.47. The highest BCUT2D eigenvalue weighted by Crippen LogP contribution is 2.26. The molecule has 9 heteroatoms. The van der Waals surface area contributed by atoms with Crippen LogP contribution in [0.4, 0.5) is 5.69 Å². The molecule has 1 saturated heterocycles. The fourth-order valence-corrected chi connectivity index (χ4v) is 5.05. The summed E-state index contributed by atoms with van der Waals surface area (Å²) < 4.78 is 39.5. The van der Waals surface area contributed by atoms with Gasteiger partial charge in [-0.2, -0.15) is 0 Å². The molecule has 1 aromatic heterocycles. The standard InChI is InChI=1S/C25H27N3O5S/c1-17-7-12-23(18(2)15-17)34(30,31)28-19-8-10-20(11-9-19)33-25-22(6-3-13-26-25)24(29)27-16-21-5-4-14-32-21/h3,6-13,15,21,28H,4-5,14,16H2,1-2H3,(H,27,29). The minimum Gasteiger partial charge on any atom is -0.438 e. The summed E-state index contributed by atoms with van der Waals surface area (Å²) in [6.45, 7) is 4.83. The number of aromatic nitrogens is 1. The fourth-order valence-electron chi connectivity index (χ4n) is 3.77. The van der Waals surface area contributed by atoms with E-state index >= 15 is 0 Å². The van der Waals surface area contributed by atoms with Gasteiger partial charge in [0.2, 0.25) is 5.88 Å². The summed E-state index contributed by atoms with van der Waals surface area (Å²) in [5.74, 6) is 0.286. The molecule has 0 bridgehead atoms. The molecule has 0 radical (unpaired) electrons. The lowest BCUT2D eigenvalue weighted by molar-refractivity contribution is 0.0855. The maximum Gasteiger partial charge on any atom is 0.262 e. The first-order valence-corrected chi connectivity index (χ1v) is 12.5. The minimum absolute atomic E-state index is 0.0324. The maximum absolute atomic E-state index is 12.8. The summed E-state index contributed by atoms with van der Waals surface area (Å²) in [5.41, 5.74) is 2.36. The molecule has 3 aromatic rings. The third-order valence-corrected chi connectivity index (χ3v) is 7.01. The number of rotatable bonds is 8. The van der Waals surface area contributed by atoms with Crippen LogP contribution in [-0.4, -0.2) is 38.6 Å². The summed E-state index contributed by atoms with van der Waals surface area (Å²) >= 11 is 0. The monoisotopic (exact) mass is 481 g/mol. The maximum atomic E-state index is 12.8. The molecule has 1 unspecified atom stereocenters. The zero-order chi connectivity index (χ0) is 24.1. The Morgan fingerprint density at radius 1 is 1.15 bits per heavy atom. The summed E-state index contributed by atoms with van der Waals surface area (Å²) in [5, 5.41) is 2.86. The fraction of sp³-hybridized carbons (Fsp3) is 0.280. The van der Waals surface area contributed by atoms with Gasteiger partial charge in [0.15, 0.2) is 0 Å². The Kier molecular flexibility index (Phi) is 7.14. The predicted molar refractivity (Wildman–Crippen MR) is 129 cm³/mol. The van der Waals surface area contributed by atoms with Gasteiger partial charge in [-0.3, -0.25) is 9.52 Å². The van der Waals surface area contributed by atoms with E-state index < -0.39 is 10.0 Å². The SMILES string of the molecule is Cc1ccc(S(=O)(=O)Nc2ccc(Oc3ncccc3C(=O)NCC3CCCO3)cc2)c(C)c1. The van der Waals surface area contributed by atoms with Crippen LogP contribution in [0.2, 0.25) is 0 Å². The van der Waals surface area contributed by atoms with Crippen LogP contribution in [0.25, 0.3) is 0 Å². The molecule has 1 atom stereocenters. The lowest BCUT2D eigenvalue weighted by Gasteiger charge is -2.13. The molecule has 2 N–H and O–H groups in total. The first kappa shape index (κ1) is 23.7. The van der Waals surface area contributed by atoms with Gasteiger partial charge in [0, 0.05) is 25.0 Å². The Labute approximate surface area is 199 Å². The van der Waals surface area contributed by atoms with E-state index in [9.17, 15) is 13.2 Å². The Morgan fingerprint density at radius 3 is 2.65 bits per heavy atom. The Morgan fingerprint density at radius 2 is 1.94 bits per heavy atom. The molecule has 0 spiro atoms. The topological polar surface area (TPSA) is 107 Å². The van der Waals surface area contributed by atoms with Gasteiger partial charge in [-0.05, 0) is 74.7 Å². The number of ether oxygens (including phenoxy) is 2. The van der Waals surface area contributed by atoms with E-state index in [1.807, 2.05) is 13.0 Å². The van der Waals surface area contributed by atoms with Crippen molar-refractivity contribution in [3.63, 3.8) is 0 Å². The quantitative estimate of drug-likeness (QED) is 0.499. The predicted octanol–water partition coefficient (Wildman–Crippen LogP) is 4.20. The van der Waals surface area contributed by atoms with Crippen molar-refractivity contribution in [1.29, 1.82) is 0 Å². The second-order valence-corrected chi connectivity index (χ2v) is 9.85. The summed E-state index contributed by atoms with van der Waals surface area (Å²) in [6, 6.07) is 14.9. The number of anilines is 1. The zero-order valence-electron chi connectivity index (χ0n) is 19.1. The van der Waals surface area contributed by atoms with E-state index in [1.54, 1.807) is 61.7 Å². The van der Waals surface area contributed by atoms with Gasteiger partial charge in [-0.1, -0.05) is 17.7 Å². The van der Waals surface area contributed by atoms with E-state index in [0.717, 1.165) is 25.0 Å². The van der Waals surface area contributed by atoms with E-state index in [0.29, 0.717) is 29.1 Å². The van der Waals surface area contributed by atoms with Gasteiger partial charge in [0.25, 0.3) is 15.9 Å². The average molecular weight is 482 g/mol. The highest BCUT2D eigenvalue weighted by atomic mass is 32.2. The van der Waals surface area contributed by atoms with Crippen LogP contribution in [0.3, 0.4) is 0 Å². The van der Waals surface area contributed by atoms with Crippen LogP contribution < -0.4 is 14.8 Å². The van der Waals surface area contributed by atoms with Crippen LogP contribution >= 0.6 is 0 Å². The molecule has 4 rings (SSSR count). The van der Waals surface area contributed by atoms with Gasteiger partial charge < -0.3 is 14.8 Å². The van der Waals surface area contributed by atoms with E-state index in [-0.39, 0.29) is 22.8 Å².